The summed E-state index contributed by atoms with van der Waals surface area (Å²) in [6.45, 7) is 2.64. The van der Waals surface area contributed by atoms with Gasteiger partial charge in [-0.05, 0) is 31.6 Å². The monoisotopic (exact) mass is 329 g/mol. The van der Waals surface area contributed by atoms with E-state index in [2.05, 4.69) is 0 Å². The minimum atomic E-state index is -0.575. The molecule has 2 amide bonds. The summed E-state index contributed by atoms with van der Waals surface area (Å²) >= 11 is 0. The van der Waals surface area contributed by atoms with Crippen LogP contribution in [0.5, 0.6) is 0 Å². The lowest BCUT2D eigenvalue weighted by Crippen LogP contribution is -2.55. The maximum absolute atomic E-state index is 12.3. The predicted molar refractivity (Wildman–Crippen MR) is 87.8 cm³/mol. The summed E-state index contributed by atoms with van der Waals surface area (Å²) in [5.74, 6) is 0.953. The fourth-order valence-corrected chi connectivity index (χ4v) is 3.59. The second-order valence-corrected chi connectivity index (χ2v) is 7.04. The smallest absolute Gasteiger partial charge is 0.242 e. The van der Waals surface area contributed by atoms with Gasteiger partial charge in [0.25, 0.3) is 0 Å². The first-order valence-corrected chi connectivity index (χ1v) is 8.44. The van der Waals surface area contributed by atoms with E-state index in [4.69, 9.17) is 5.73 Å². The molecule has 0 aromatic heterocycles. The Bertz CT molecular complexity index is 412. The Kier molecular flexibility index (Phi) is 5.72. The van der Waals surface area contributed by atoms with Crippen LogP contribution in [-0.2, 0) is 9.59 Å². The molecule has 1 saturated heterocycles. The molecule has 2 aliphatic carbocycles. The summed E-state index contributed by atoms with van der Waals surface area (Å²) in [5, 5.41) is 0. The van der Waals surface area contributed by atoms with E-state index in [1.54, 1.807) is 0 Å². The van der Waals surface area contributed by atoms with Crippen LogP contribution in [0.1, 0.15) is 51.4 Å². The van der Waals surface area contributed by atoms with Crippen molar-refractivity contribution < 1.29 is 9.59 Å². The van der Waals surface area contributed by atoms with Crippen molar-refractivity contribution in [1.82, 2.24) is 9.80 Å². The zero-order valence-electron chi connectivity index (χ0n) is 13.3. The third kappa shape index (κ3) is 3.93. The number of halogens is 1. The van der Waals surface area contributed by atoms with Gasteiger partial charge in [-0.2, -0.15) is 0 Å². The zero-order valence-corrected chi connectivity index (χ0v) is 14.1. The second-order valence-electron chi connectivity index (χ2n) is 7.04. The molecule has 0 radical (unpaired) electrons. The van der Waals surface area contributed by atoms with Crippen molar-refractivity contribution in [2.24, 2.45) is 11.7 Å². The number of hydrogen-bond donors (Lipinski definition) is 1. The molecule has 1 heterocycles. The molecule has 3 fully saturated rings. The van der Waals surface area contributed by atoms with E-state index in [1.807, 2.05) is 9.80 Å². The van der Waals surface area contributed by atoms with Gasteiger partial charge >= 0.3 is 0 Å². The van der Waals surface area contributed by atoms with Crippen molar-refractivity contribution in [3.63, 3.8) is 0 Å². The molecule has 3 rings (SSSR count). The number of nitrogens with two attached hydrogens (primary N) is 1. The van der Waals surface area contributed by atoms with Crippen LogP contribution in [0.2, 0.25) is 0 Å². The molecule has 0 unspecified atom stereocenters. The van der Waals surface area contributed by atoms with Crippen molar-refractivity contribution in [2.45, 2.75) is 56.9 Å². The van der Waals surface area contributed by atoms with Crippen molar-refractivity contribution in [2.75, 3.05) is 26.2 Å². The van der Waals surface area contributed by atoms with Crippen LogP contribution in [0.15, 0.2) is 0 Å². The molecule has 0 aromatic rings. The molecule has 22 heavy (non-hydrogen) atoms. The van der Waals surface area contributed by atoms with Crippen LogP contribution in [0.3, 0.4) is 0 Å². The summed E-state index contributed by atoms with van der Waals surface area (Å²) in [4.78, 5) is 28.3. The highest BCUT2D eigenvalue weighted by molar-refractivity contribution is 5.89. The second kappa shape index (κ2) is 7.18. The van der Waals surface area contributed by atoms with Gasteiger partial charge in [-0.15, -0.1) is 12.4 Å². The SMILES string of the molecule is Cl.NC1(C(=O)N2CCN(C(=O)CC3CCCCC3)CC2)CC1. The van der Waals surface area contributed by atoms with Crippen LogP contribution in [0.25, 0.3) is 0 Å². The summed E-state index contributed by atoms with van der Waals surface area (Å²) < 4.78 is 0. The Balaban J connectivity index is 0.00000176. The molecule has 0 bridgehead atoms. The molecule has 0 aromatic carbocycles. The molecule has 2 saturated carbocycles. The third-order valence-electron chi connectivity index (χ3n) is 5.32. The minimum absolute atomic E-state index is 0. The Morgan fingerprint density at radius 3 is 2.05 bits per heavy atom. The van der Waals surface area contributed by atoms with Crippen LogP contribution >= 0.6 is 12.4 Å². The van der Waals surface area contributed by atoms with Gasteiger partial charge in [-0.3, -0.25) is 9.59 Å². The molecular weight excluding hydrogens is 302 g/mol. The van der Waals surface area contributed by atoms with E-state index in [0.717, 1.165) is 12.8 Å². The quantitative estimate of drug-likeness (QED) is 0.854. The average molecular weight is 330 g/mol. The fourth-order valence-electron chi connectivity index (χ4n) is 3.59. The number of piperazine rings is 1. The Labute approximate surface area is 139 Å². The van der Waals surface area contributed by atoms with E-state index in [0.29, 0.717) is 38.5 Å². The van der Waals surface area contributed by atoms with Gasteiger partial charge < -0.3 is 15.5 Å². The number of carbonyl (C=O) groups is 2. The van der Waals surface area contributed by atoms with Gasteiger partial charge in [0.1, 0.15) is 0 Å². The van der Waals surface area contributed by atoms with E-state index in [1.165, 1.54) is 32.1 Å². The van der Waals surface area contributed by atoms with E-state index in [9.17, 15) is 9.59 Å². The third-order valence-corrected chi connectivity index (χ3v) is 5.32. The highest BCUT2D eigenvalue weighted by Crippen LogP contribution is 2.34. The predicted octanol–water partition coefficient (Wildman–Crippen LogP) is 1.54. The maximum Gasteiger partial charge on any atom is 0.242 e. The lowest BCUT2D eigenvalue weighted by atomic mass is 9.86. The van der Waals surface area contributed by atoms with Crippen LogP contribution in [0.4, 0.5) is 0 Å². The first-order valence-electron chi connectivity index (χ1n) is 8.44. The summed E-state index contributed by atoms with van der Waals surface area (Å²) in [7, 11) is 0. The number of amides is 2. The van der Waals surface area contributed by atoms with Gasteiger partial charge in [0.2, 0.25) is 11.8 Å². The Morgan fingerprint density at radius 2 is 1.50 bits per heavy atom. The van der Waals surface area contributed by atoms with Gasteiger partial charge in [0.05, 0.1) is 5.54 Å². The number of carbonyl (C=O) groups excluding carboxylic acids is 2. The van der Waals surface area contributed by atoms with E-state index in [-0.39, 0.29) is 24.2 Å². The standard InChI is InChI=1S/C16H27N3O2.ClH/c17-16(6-7-16)15(21)19-10-8-18(9-11-19)14(20)12-13-4-2-1-3-5-13;/h13H,1-12,17H2;1H. The Morgan fingerprint density at radius 1 is 0.955 bits per heavy atom. The van der Waals surface area contributed by atoms with Gasteiger partial charge in [0.15, 0.2) is 0 Å². The molecule has 1 aliphatic heterocycles. The van der Waals surface area contributed by atoms with Gasteiger partial charge in [0, 0.05) is 32.6 Å². The molecule has 2 N–H and O–H groups in total. The molecular formula is C16H28ClN3O2. The van der Waals surface area contributed by atoms with Crippen molar-refractivity contribution in [3.8, 4) is 0 Å². The van der Waals surface area contributed by atoms with E-state index < -0.39 is 5.54 Å². The van der Waals surface area contributed by atoms with Gasteiger partial charge in [-0.25, -0.2) is 0 Å². The molecule has 3 aliphatic rings. The first-order chi connectivity index (χ1) is 10.1. The molecule has 0 atom stereocenters. The molecule has 5 nitrogen and oxygen atoms in total. The number of rotatable bonds is 3. The van der Waals surface area contributed by atoms with Crippen molar-refractivity contribution in [1.29, 1.82) is 0 Å². The molecule has 126 valence electrons. The summed E-state index contributed by atoms with van der Waals surface area (Å²) in [6, 6.07) is 0. The molecule has 0 spiro atoms. The number of nitrogens with zero attached hydrogens (tertiary/aromatic N) is 2. The number of hydrogen-bond acceptors (Lipinski definition) is 3. The van der Waals surface area contributed by atoms with E-state index >= 15 is 0 Å². The Hall–Kier alpha value is -0.810. The van der Waals surface area contributed by atoms with Gasteiger partial charge in [-0.1, -0.05) is 19.3 Å². The zero-order chi connectivity index (χ0) is 14.9. The summed E-state index contributed by atoms with van der Waals surface area (Å²) in [6.07, 6.45) is 8.62. The first kappa shape index (κ1) is 17.5. The normalized spacial score (nSPS) is 24.6. The van der Waals surface area contributed by atoms with Crippen molar-refractivity contribution >= 4 is 24.2 Å². The van der Waals surface area contributed by atoms with Crippen molar-refractivity contribution in [3.05, 3.63) is 0 Å². The fraction of sp³-hybridized carbons (Fsp3) is 0.875. The van der Waals surface area contributed by atoms with Crippen LogP contribution in [-0.4, -0.2) is 53.3 Å². The average Bonchev–Trinajstić information content (AvgIpc) is 3.27. The van der Waals surface area contributed by atoms with Crippen LogP contribution < -0.4 is 5.73 Å². The van der Waals surface area contributed by atoms with Crippen LogP contribution in [0, 0.1) is 5.92 Å². The summed E-state index contributed by atoms with van der Waals surface area (Å²) in [5.41, 5.74) is 5.39. The lowest BCUT2D eigenvalue weighted by molar-refractivity contribution is -0.141. The molecule has 6 heteroatoms. The largest absolute Gasteiger partial charge is 0.339 e. The highest BCUT2D eigenvalue weighted by Gasteiger charge is 2.48. The highest BCUT2D eigenvalue weighted by atomic mass is 35.5. The maximum atomic E-state index is 12.3. The minimum Gasteiger partial charge on any atom is -0.339 e. The lowest BCUT2D eigenvalue weighted by Gasteiger charge is -2.36. The topological polar surface area (TPSA) is 66.6 Å².